The number of carbonyl (C=O) groups excluding carboxylic acids is 2. The first-order chi connectivity index (χ1) is 11.0. The number of primary amides is 1. The number of nitrogens with two attached hydrogens (primary N) is 1. The third-order valence-electron chi connectivity index (χ3n) is 5.11. The molecule has 0 spiro atoms. The van der Waals surface area contributed by atoms with Crippen molar-refractivity contribution in [3.05, 3.63) is 21.4 Å². The lowest BCUT2D eigenvalue weighted by atomic mass is 9.79. The summed E-state index contributed by atoms with van der Waals surface area (Å²) in [6.07, 6.45) is 4.46. The van der Waals surface area contributed by atoms with Gasteiger partial charge in [-0.25, -0.2) is 0 Å². The summed E-state index contributed by atoms with van der Waals surface area (Å²) < 4.78 is 5.31. The summed E-state index contributed by atoms with van der Waals surface area (Å²) in [6.45, 7) is 3.58. The van der Waals surface area contributed by atoms with Crippen molar-refractivity contribution >= 4 is 23.2 Å². The molecule has 3 rings (SSSR count). The van der Waals surface area contributed by atoms with Crippen LogP contribution in [0.4, 0.5) is 0 Å². The number of ether oxygens (including phenoxy) is 1. The summed E-state index contributed by atoms with van der Waals surface area (Å²) in [7, 11) is 0. The molecule has 0 saturated carbocycles. The highest BCUT2D eigenvalue weighted by atomic mass is 32.1. The summed E-state index contributed by atoms with van der Waals surface area (Å²) in [5.41, 5.74) is 6.23. The molecule has 1 aromatic rings. The lowest BCUT2D eigenvalue weighted by Gasteiger charge is -2.34. The molecule has 0 radical (unpaired) electrons. The van der Waals surface area contributed by atoms with Gasteiger partial charge in [0, 0.05) is 24.6 Å². The quantitative estimate of drug-likeness (QED) is 0.881. The lowest BCUT2D eigenvalue weighted by Crippen LogP contribution is -2.49. The van der Waals surface area contributed by atoms with Gasteiger partial charge in [0.25, 0.3) is 5.91 Å². The van der Waals surface area contributed by atoms with Crippen molar-refractivity contribution < 1.29 is 14.3 Å². The van der Waals surface area contributed by atoms with Gasteiger partial charge in [-0.2, -0.15) is 0 Å². The normalized spacial score (nSPS) is 23.1. The zero-order chi connectivity index (χ0) is 16.4. The molecule has 1 atom stereocenters. The number of fused-ring (bicyclic) bond motifs is 1. The number of aryl methyl sites for hydroxylation is 1. The number of amides is 2. The SMILES string of the molecule is C[C@@H]1CCc2sc(C(=O)NCC3(C(N)=O)CCOCC3)cc2C1. The van der Waals surface area contributed by atoms with Crippen LogP contribution in [0.5, 0.6) is 0 Å². The fourth-order valence-corrected chi connectivity index (χ4v) is 4.55. The largest absolute Gasteiger partial charge is 0.381 e. The number of thiophene rings is 1. The number of carbonyl (C=O) groups is 2. The second-order valence-electron chi connectivity index (χ2n) is 6.85. The Morgan fingerprint density at radius 3 is 2.87 bits per heavy atom. The summed E-state index contributed by atoms with van der Waals surface area (Å²) in [5.74, 6) is 0.248. The van der Waals surface area contributed by atoms with Crippen molar-refractivity contribution in [2.24, 2.45) is 17.1 Å². The van der Waals surface area contributed by atoms with Crippen LogP contribution >= 0.6 is 11.3 Å². The minimum absolute atomic E-state index is 0.0934. The Morgan fingerprint density at radius 1 is 1.43 bits per heavy atom. The zero-order valence-electron chi connectivity index (χ0n) is 13.5. The van der Waals surface area contributed by atoms with E-state index in [0.29, 0.717) is 38.5 Å². The summed E-state index contributed by atoms with van der Waals surface area (Å²) in [6, 6.07) is 2.02. The Balaban J connectivity index is 1.66. The highest BCUT2D eigenvalue weighted by Crippen LogP contribution is 2.33. The predicted octanol–water partition coefficient (Wildman–Crippen LogP) is 1.88. The first-order valence-corrected chi connectivity index (χ1v) is 9.09. The molecule has 2 amide bonds. The van der Waals surface area contributed by atoms with E-state index in [0.717, 1.165) is 17.7 Å². The average molecular weight is 336 g/mol. The van der Waals surface area contributed by atoms with E-state index in [1.807, 2.05) is 6.07 Å². The highest BCUT2D eigenvalue weighted by molar-refractivity contribution is 7.14. The maximum absolute atomic E-state index is 12.5. The molecule has 1 fully saturated rings. The van der Waals surface area contributed by atoms with Crippen LogP contribution in [0.3, 0.4) is 0 Å². The Hall–Kier alpha value is -1.40. The van der Waals surface area contributed by atoms with Crippen molar-refractivity contribution in [3.8, 4) is 0 Å². The van der Waals surface area contributed by atoms with Crippen LogP contribution in [0.25, 0.3) is 0 Å². The standard InChI is InChI=1S/C17H24N2O3S/c1-11-2-3-13-12(8-11)9-14(23-13)15(20)19-10-17(16(18)21)4-6-22-7-5-17/h9,11H,2-8,10H2,1H3,(H2,18,21)(H,19,20)/t11-/m1/s1. The van der Waals surface area contributed by atoms with E-state index < -0.39 is 5.41 Å². The van der Waals surface area contributed by atoms with Crippen molar-refractivity contribution in [2.45, 2.75) is 39.0 Å². The summed E-state index contributed by atoms with van der Waals surface area (Å²) in [4.78, 5) is 26.4. The van der Waals surface area contributed by atoms with Crippen LogP contribution in [-0.4, -0.2) is 31.6 Å². The van der Waals surface area contributed by atoms with Crippen molar-refractivity contribution in [1.82, 2.24) is 5.32 Å². The fourth-order valence-electron chi connectivity index (χ4n) is 3.43. The molecule has 5 nitrogen and oxygen atoms in total. The van der Waals surface area contributed by atoms with E-state index in [1.165, 1.54) is 16.9 Å². The van der Waals surface area contributed by atoms with Crippen LogP contribution in [0.15, 0.2) is 6.07 Å². The minimum Gasteiger partial charge on any atom is -0.381 e. The molecule has 0 unspecified atom stereocenters. The third kappa shape index (κ3) is 3.43. The first-order valence-electron chi connectivity index (χ1n) is 8.28. The number of hydrogen-bond acceptors (Lipinski definition) is 4. The highest BCUT2D eigenvalue weighted by Gasteiger charge is 2.38. The van der Waals surface area contributed by atoms with E-state index in [4.69, 9.17) is 10.5 Å². The topological polar surface area (TPSA) is 81.4 Å². The molecule has 1 aromatic heterocycles. The lowest BCUT2D eigenvalue weighted by molar-refractivity contribution is -0.132. The van der Waals surface area contributed by atoms with Gasteiger partial charge in [0.15, 0.2) is 0 Å². The maximum Gasteiger partial charge on any atom is 0.261 e. The van der Waals surface area contributed by atoms with Gasteiger partial charge in [-0.1, -0.05) is 6.92 Å². The van der Waals surface area contributed by atoms with Crippen LogP contribution in [-0.2, 0) is 22.4 Å². The van der Waals surface area contributed by atoms with Crippen molar-refractivity contribution in [1.29, 1.82) is 0 Å². The minimum atomic E-state index is -0.667. The molecule has 1 aliphatic heterocycles. The maximum atomic E-state index is 12.5. The van der Waals surface area contributed by atoms with E-state index in [2.05, 4.69) is 12.2 Å². The van der Waals surface area contributed by atoms with Gasteiger partial charge in [-0.15, -0.1) is 11.3 Å². The third-order valence-corrected chi connectivity index (χ3v) is 6.35. The zero-order valence-corrected chi connectivity index (χ0v) is 14.3. The van der Waals surface area contributed by atoms with Crippen LogP contribution in [0, 0.1) is 11.3 Å². The van der Waals surface area contributed by atoms with Gasteiger partial charge < -0.3 is 15.8 Å². The molecule has 0 aromatic carbocycles. The molecule has 2 heterocycles. The molecule has 6 heteroatoms. The van der Waals surface area contributed by atoms with Crippen molar-refractivity contribution in [3.63, 3.8) is 0 Å². The van der Waals surface area contributed by atoms with Gasteiger partial charge in [-0.05, 0) is 49.7 Å². The Kier molecular flexibility index (Phi) is 4.73. The number of hydrogen-bond donors (Lipinski definition) is 2. The molecule has 1 aliphatic carbocycles. The number of nitrogens with one attached hydrogen (secondary N) is 1. The molecule has 1 saturated heterocycles. The van der Waals surface area contributed by atoms with E-state index in [9.17, 15) is 9.59 Å². The molecule has 0 bridgehead atoms. The second kappa shape index (κ2) is 6.61. The van der Waals surface area contributed by atoms with Crippen LogP contribution in [0.2, 0.25) is 0 Å². The Bertz CT molecular complexity index is 605. The smallest absolute Gasteiger partial charge is 0.261 e. The Labute approximate surface area is 140 Å². The van der Waals surface area contributed by atoms with Gasteiger partial charge in [0.1, 0.15) is 0 Å². The van der Waals surface area contributed by atoms with Crippen LogP contribution < -0.4 is 11.1 Å². The molecular weight excluding hydrogens is 312 g/mol. The molecule has 2 aliphatic rings. The summed E-state index contributed by atoms with van der Waals surface area (Å²) >= 11 is 1.59. The second-order valence-corrected chi connectivity index (χ2v) is 7.98. The van der Waals surface area contributed by atoms with E-state index in [-0.39, 0.29) is 11.8 Å². The van der Waals surface area contributed by atoms with E-state index >= 15 is 0 Å². The molecule has 23 heavy (non-hydrogen) atoms. The van der Waals surface area contributed by atoms with E-state index in [1.54, 1.807) is 11.3 Å². The fraction of sp³-hybridized carbons (Fsp3) is 0.647. The Morgan fingerprint density at radius 2 is 2.17 bits per heavy atom. The average Bonchev–Trinajstić information content (AvgIpc) is 2.96. The number of rotatable bonds is 4. The first kappa shape index (κ1) is 16.5. The van der Waals surface area contributed by atoms with Crippen molar-refractivity contribution in [2.75, 3.05) is 19.8 Å². The monoisotopic (exact) mass is 336 g/mol. The molecule has 3 N–H and O–H groups in total. The van der Waals surface area contributed by atoms with Gasteiger partial charge in [-0.3, -0.25) is 9.59 Å². The molecular formula is C17H24N2O3S. The molecule has 126 valence electrons. The van der Waals surface area contributed by atoms with Gasteiger partial charge >= 0.3 is 0 Å². The summed E-state index contributed by atoms with van der Waals surface area (Å²) in [5, 5.41) is 2.93. The van der Waals surface area contributed by atoms with Gasteiger partial charge in [0.2, 0.25) is 5.91 Å². The van der Waals surface area contributed by atoms with Gasteiger partial charge in [0.05, 0.1) is 10.3 Å². The van der Waals surface area contributed by atoms with Crippen LogP contribution in [0.1, 0.15) is 46.3 Å². The predicted molar refractivity (Wildman–Crippen MR) is 89.5 cm³/mol.